The minimum absolute atomic E-state index is 0.00379. The predicted molar refractivity (Wildman–Crippen MR) is 76.8 cm³/mol. The third kappa shape index (κ3) is 4.33. The maximum atomic E-state index is 12.6. The first-order valence-electron chi connectivity index (χ1n) is 7.37. The van der Waals surface area contributed by atoms with E-state index >= 15 is 0 Å². The van der Waals surface area contributed by atoms with E-state index in [9.17, 15) is 18.0 Å². The summed E-state index contributed by atoms with van der Waals surface area (Å²) < 4.78 is 23.2. The smallest absolute Gasteiger partial charge is 0.320 e. The maximum absolute atomic E-state index is 12.6. The highest BCUT2D eigenvalue weighted by atomic mass is 32.2. The van der Waals surface area contributed by atoms with Crippen LogP contribution in [0.5, 0.6) is 0 Å². The third-order valence-corrected chi connectivity index (χ3v) is 5.82. The summed E-state index contributed by atoms with van der Waals surface area (Å²) in [5, 5.41) is 8.96. The number of carbonyl (C=O) groups is 2. The van der Waals surface area contributed by atoms with Crippen molar-refractivity contribution in [1.82, 2.24) is 9.80 Å². The molecule has 0 spiro atoms. The van der Waals surface area contributed by atoms with Gasteiger partial charge in [0.15, 0.2) is 9.84 Å². The Bertz CT molecular complexity index is 505. The van der Waals surface area contributed by atoms with Gasteiger partial charge in [0.1, 0.15) is 0 Å². The van der Waals surface area contributed by atoms with Crippen molar-refractivity contribution in [1.29, 1.82) is 0 Å². The van der Waals surface area contributed by atoms with E-state index in [4.69, 9.17) is 5.11 Å². The molecule has 0 bridgehead atoms. The molecule has 2 aliphatic rings. The number of aliphatic carboxylic acids is 1. The summed E-state index contributed by atoms with van der Waals surface area (Å²) in [7, 11) is -3.06. The normalized spacial score (nSPS) is 26.2. The lowest BCUT2D eigenvalue weighted by molar-refractivity contribution is -0.138. The maximum Gasteiger partial charge on any atom is 0.320 e. The van der Waals surface area contributed by atoms with Crippen LogP contribution < -0.4 is 0 Å². The molecule has 1 N–H and O–H groups in total. The van der Waals surface area contributed by atoms with Crippen molar-refractivity contribution < 1.29 is 23.1 Å². The number of carbonyl (C=O) groups excluding carboxylic acids is 1. The Morgan fingerprint density at radius 1 is 1.05 bits per heavy atom. The highest BCUT2D eigenvalue weighted by Gasteiger charge is 2.32. The van der Waals surface area contributed by atoms with Crippen LogP contribution in [-0.2, 0) is 14.6 Å². The van der Waals surface area contributed by atoms with Gasteiger partial charge >= 0.3 is 12.0 Å². The minimum atomic E-state index is -3.06. The van der Waals surface area contributed by atoms with Crippen LogP contribution in [0.1, 0.15) is 32.1 Å². The van der Waals surface area contributed by atoms with E-state index in [2.05, 4.69) is 0 Å². The van der Waals surface area contributed by atoms with E-state index in [1.165, 1.54) is 0 Å². The number of rotatable bonds is 2. The van der Waals surface area contributed by atoms with Crippen LogP contribution in [-0.4, -0.2) is 72.5 Å². The number of sulfone groups is 1. The zero-order valence-corrected chi connectivity index (χ0v) is 12.8. The molecule has 0 radical (unpaired) electrons. The molecule has 0 aliphatic carbocycles. The topological polar surface area (TPSA) is 95.0 Å². The monoisotopic (exact) mass is 318 g/mol. The van der Waals surface area contributed by atoms with Crippen LogP contribution in [0.15, 0.2) is 0 Å². The Morgan fingerprint density at radius 2 is 1.81 bits per heavy atom. The second-order valence-electron chi connectivity index (χ2n) is 5.72. The van der Waals surface area contributed by atoms with Crippen LogP contribution in [0.25, 0.3) is 0 Å². The van der Waals surface area contributed by atoms with Crippen molar-refractivity contribution in [2.75, 3.05) is 31.1 Å². The molecule has 0 aromatic rings. The van der Waals surface area contributed by atoms with Crippen molar-refractivity contribution in [3.63, 3.8) is 0 Å². The zero-order chi connectivity index (χ0) is 15.5. The molecule has 21 heavy (non-hydrogen) atoms. The Labute approximate surface area is 124 Å². The molecule has 120 valence electrons. The SMILES string of the molecule is O=C(O)CC1CCCCN1C(=O)N1CCCS(=O)(=O)CC1. The van der Waals surface area contributed by atoms with Gasteiger partial charge in [-0.1, -0.05) is 0 Å². The molecule has 0 aromatic heterocycles. The number of amides is 2. The van der Waals surface area contributed by atoms with E-state index in [1.807, 2.05) is 0 Å². The minimum Gasteiger partial charge on any atom is -0.481 e. The Hall–Kier alpha value is -1.31. The van der Waals surface area contributed by atoms with Crippen LogP contribution >= 0.6 is 0 Å². The summed E-state index contributed by atoms with van der Waals surface area (Å²) in [6.45, 7) is 1.19. The largest absolute Gasteiger partial charge is 0.481 e. The second-order valence-corrected chi connectivity index (χ2v) is 8.02. The van der Waals surface area contributed by atoms with Gasteiger partial charge in [0.05, 0.1) is 17.9 Å². The first-order chi connectivity index (χ1) is 9.89. The number of hydrogen-bond acceptors (Lipinski definition) is 4. The lowest BCUT2D eigenvalue weighted by Crippen LogP contribution is -2.51. The fraction of sp³-hybridized carbons (Fsp3) is 0.846. The highest BCUT2D eigenvalue weighted by molar-refractivity contribution is 7.91. The first kappa shape index (κ1) is 16.1. The molecule has 2 heterocycles. The molecule has 2 aliphatic heterocycles. The number of nitrogens with zero attached hydrogens (tertiary/aromatic N) is 2. The summed E-state index contributed by atoms with van der Waals surface area (Å²) in [6, 6.07) is -0.485. The van der Waals surface area contributed by atoms with Gasteiger partial charge in [-0.05, 0) is 25.7 Å². The Morgan fingerprint density at radius 3 is 2.52 bits per heavy atom. The molecule has 7 nitrogen and oxygen atoms in total. The molecule has 2 amide bonds. The van der Waals surface area contributed by atoms with Gasteiger partial charge in [-0.15, -0.1) is 0 Å². The zero-order valence-electron chi connectivity index (χ0n) is 12.0. The molecule has 1 unspecified atom stereocenters. The quantitative estimate of drug-likeness (QED) is 0.802. The lowest BCUT2D eigenvalue weighted by Gasteiger charge is -2.38. The summed E-state index contributed by atoms with van der Waals surface area (Å²) in [6.07, 6.45) is 2.90. The van der Waals surface area contributed by atoms with Gasteiger partial charge in [-0.25, -0.2) is 13.2 Å². The molecular formula is C13H22N2O5S. The van der Waals surface area contributed by atoms with E-state index in [0.29, 0.717) is 25.9 Å². The van der Waals surface area contributed by atoms with Gasteiger partial charge in [-0.2, -0.15) is 0 Å². The average molecular weight is 318 g/mol. The third-order valence-electron chi connectivity index (χ3n) is 4.11. The van der Waals surface area contributed by atoms with Gasteiger partial charge in [0, 0.05) is 25.7 Å². The molecule has 8 heteroatoms. The number of carboxylic acids is 1. The van der Waals surface area contributed by atoms with Crippen molar-refractivity contribution in [2.24, 2.45) is 0 Å². The summed E-state index contributed by atoms with van der Waals surface area (Å²) in [5.41, 5.74) is 0. The van der Waals surface area contributed by atoms with Crippen LogP contribution in [0.3, 0.4) is 0 Å². The molecule has 2 fully saturated rings. The number of urea groups is 1. The Balaban J connectivity index is 2.04. The van der Waals surface area contributed by atoms with E-state index in [-0.39, 0.29) is 36.5 Å². The standard InChI is InChI=1S/C13H22N2O5S/c16-12(17)10-11-4-1-2-6-15(11)13(18)14-5-3-8-21(19,20)9-7-14/h11H,1-10H2,(H,16,17). The van der Waals surface area contributed by atoms with Gasteiger partial charge in [-0.3, -0.25) is 4.79 Å². The molecular weight excluding hydrogens is 296 g/mol. The summed E-state index contributed by atoms with van der Waals surface area (Å²) in [5.74, 6) is -0.788. The fourth-order valence-electron chi connectivity index (χ4n) is 2.98. The molecule has 0 aromatic carbocycles. The van der Waals surface area contributed by atoms with Gasteiger partial charge in [0.2, 0.25) is 0 Å². The first-order valence-corrected chi connectivity index (χ1v) is 9.19. The highest BCUT2D eigenvalue weighted by Crippen LogP contribution is 2.22. The van der Waals surface area contributed by atoms with E-state index in [1.54, 1.807) is 9.80 Å². The number of carboxylic acid groups (broad SMARTS) is 1. The molecule has 0 saturated carbocycles. The van der Waals surface area contributed by atoms with Gasteiger partial charge in [0.25, 0.3) is 0 Å². The van der Waals surface area contributed by atoms with Crippen LogP contribution in [0.2, 0.25) is 0 Å². The van der Waals surface area contributed by atoms with Crippen LogP contribution in [0.4, 0.5) is 4.79 Å². The van der Waals surface area contributed by atoms with Gasteiger partial charge < -0.3 is 14.9 Å². The summed E-state index contributed by atoms with van der Waals surface area (Å²) in [4.78, 5) is 26.7. The number of likely N-dealkylation sites (tertiary alicyclic amines) is 1. The molecule has 1 atom stereocenters. The van der Waals surface area contributed by atoms with Crippen LogP contribution in [0, 0.1) is 0 Å². The number of hydrogen-bond donors (Lipinski definition) is 1. The second kappa shape index (κ2) is 6.64. The lowest BCUT2D eigenvalue weighted by atomic mass is 10.00. The van der Waals surface area contributed by atoms with Crippen molar-refractivity contribution >= 4 is 21.8 Å². The van der Waals surface area contributed by atoms with Crippen molar-refractivity contribution in [3.8, 4) is 0 Å². The molecule has 2 saturated heterocycles. The van der Waals surface area contributed by atoms with E-state index < -0.39 is 15.8 Å². The average Bonchev–Trinajstić information content (AvgIpc) is 2.59. The van der Waals surface area contributed by atoms with Crippen molar-refractivity contribution in [2.45, 2.75) is 38.1 Å². The molecule has 2 rings (SSSR count). The predicted octanol–water partition coefficient (Wildman–Crippen LogP) is 0.556. The summed E-state index contributed by atoms with van der Waals surface area (Å²) >= 11 is 0. The Kier molecular flexibility index (Phi) is 5.08. The fourth-order valence-corrected chi connectivity index (χ4v) is 4.25. The van der Waals surface area contributed by atoms with E-state index in [0.717, 1.165) is 12.8 Å². The van der Waals surface area contributed by atoms with Crippen molar-refractivity contribution in [3.05, 3.63) is 0 Å². The number of piperidine rings is 1.